The SMILES string of the molecule is CCCCC1CCC(CCC2CCCO2)(CNCC)CC1. The second-order valence-electron chi connectivity index (χ2n) is 7.54. The second kappa shape index (κ2) is 9.15. The molecule has 1 unspecified atom stereocenters. The molecule has 2 aliphatic rings. The van der Waals surface area contributed by atoms with E-state index in [1.54, 1.807) is 0 Å². The van der Waals surface area contributed by atoms with Crippen molar-refractivity contribution in [1.82, 2.24) is 5.32 Å². The zero-order valence-electron chi connectivity index (χ0n) is 14.5. The van der Waals surface area contributed by atoms with E-state index < -0.39 is 0 Å². The van der Waals surface area contributed by atoms with Gasteiger partial charge in [0.2, 0.25) is 0 Å². The van der Waals surface area contributed by atoms with Crippen LogP contribution in [0.4, 0.5) is 0 Å². The van der Waals surface area contributed by atoms with Crippen LogP contribution in [0.25, 0.3) is 0 Å². The molecule has 1 saturated carbocycles. The fraction of sp³-hybridized carbons (Fsp3) is 1.00. The highest BCUT2D eigenvalue weighted by Gasteiger charge is 2.35. The minimum atomic E-state index is 0.571. The van der Waals surface area contributed by atoms with E-state index >= 15 is 0 Å². The third-order valence-electron chi connectivity index (χ3n) is 5.90. The van der Waals surface area contributed by atoms with Crippen molar-refractivity contribution in [2.24, 2.45) is 11.3 Å². The van der Waals surface area contributed by atoms with E-state index in [-0.39, 0.29) is 0 Å². The van der Waals surface area contributed by atoms with Crippen LogP contribution >= 0.6 is 0 Å². The van der Waals surface area contributed by atoms with E-state index in [2.05, 4.69) is 19.2 Å². The summed E-state index contributed by atoms with van der Waals surface area (Å²) in [7, 11) is 0. The van der Waals surface area contributed by atoms with Gasteiger partial charge in [-0.1, -0.05) is 33.1 Å². The number of hydrogen-bond donors (Lipinski definition) is 1. The summed E-state index contributed by atoms with van der Waals surface area (Å²) < 4.78 is 5.85. The third kappa shape index (κ3) is 5.56. The molecule has 0 bridgehead atoms. The average molecular weight is 296 g/mol. The van der Waals surface area contributed by atoms with Gasteiger partial charge in [-0.15, -0.1) is 0 Å². The van der Waals surface area contributed by atoms with Crippen molar-refractivity contribution in [3.05, 3.63) is 0 Å². The molecule has 2 rings (SSSR count). The highest BCUT2D eigenvalue weighted by Crippen LogP contribution is 2.44. The average Bonchev–Trinajstić information content (AvgIpc) is 3.04. The number of rotatable bonds is 9. The van der Waals surface area contributed by atoms with Gasteiger partial charge in [-0.25, -0.2) is 0 Å². The minimum Gasteiger partial charge on any atom is -0.378 e. The monoisotopic (exact) mass is 295 g/mol. The van der Waals surface area contributed by atoms with Crippen molar-refractivity contribution < 1.29 is 4.74 Å². The molecule has 1 aliphatic heterocycles. The molecule has 1 aliphatic carbocycles. The van der Waals surface area contributed by atoms with Crippen LogP contribution in [-0.4, -0.2) is 25.8 Å². The number of ether oxygens (including phenoxy) is 1. The van der Waals surface area contributed by atoms with E-state index in [1.165, 1.54) is 77.2 Å². The first-order valence-corrected chi connectivity index (χ1v) is 9.60. The summed E-state index contributed by atoms with van der Waals surface area (Å²) in [4.78, 5) is 0. The Balaban J connectivity index is 1.79. The van der Waals surface area contributed by atoms with E-state index in [0.29, 0.717) is 11.5 Å². The lowest BCUT2D eigenvalue weighted by Gasteiger charge is -2.41. The number of unbranched alkanes of at least 4 members (excludes halogenated alkanes) is 1. The second-order valence-corrected chi connectivity index (χ2v) is 7.54. The van der Waals surface area contributed by atoms with E-state index in [0.717, 1.165) is 19.1 Å². The lowest BCUT2D eigenvalue weighted by atomic mass is 9.67. The molecule has 2 nitrogen and oxygen atoms in total. The highest BCUT2D eigenvalue weighted by molar-refractivity contribution is 4.88. The van der Waals surface area contributed by atoms with Crippen molar-refractivity contribution in [3.63, 3.8) is 0 Å². The van der Waals surface area contributed by atoms with Crippen molar-refractivity contribution in [2.75, 3.05) is 19.7 Å². The van der Waals surface area contributed by atoms with Crippen LogP contribution in [0, 0.1) is 11.3 Å². The molecule has 1 N–H and O–H groups in total. The summed E-state index contributed by atoms with van der Waals surface area (Å²) in [5, 5.41) is 3.65. The van der Waals surface area contributed by atoms with Crippen LogP contribution in [0.3, 0.4) is 0 Å². The molecule has 0 spiro atoms. The predicted octanol–water partition coefficient (Wildman–Crippen LogP) is 4.92. The van der Waals surface area contributed by atoms with Crippen LogP contribution in [0.1, 0.15) is 84.5 Å². The predicted molar refractivity (Wildman–Crippen MR) is 90.7 cm³/mol. The number of hydrogen-bond acceptors (Lipinski definition) is 2. The van der Waals surface area contributed by atoms with Crippen LogP contribution in [0.2, 0.25) is 0 Å². The molecule has 2 fully saturated rings. The normalized spacial score (nSPS) is 33.4. The van der Waals surface area contributed by atoms with Gasteiger partial charge in [-0.05, 0) is 69.2 Å². The Bertz CT molecular complexity index is 265. The first-order chi connectivity index (χ1) is 10.3. The standard InChI is InChI=1S/C19H37NO/c1-3-5-7-17-9-12-19(13-10-17,16-20-4-2)14-11-18-8-6-15-21-18/h17-18,20H,3-16H2,1-2H3. The lowest BCUT2D eigenvalue weighted by molar-refractivity contribution is 0.0680. The molecule has 0 aromatic rings. The van der Waals surface area contributed by atoms with Crippen molar-refractivity contribution in [3.8, 4) is 0 Å². The van der Waals surface area contributed by atoms with Gasteiger partial charge in [0, 0.05) is 13.2 Å². The lowest BCUT2D eigenvalue weighted by Crippen LogP contribution is -2.38. The Morgan fingerprint density at radius 2 is 1.90 bits per heavy atom. The smallest absolute Gasteiger partial charge is 0.0576 e. The zero-order valence-corrected chi connectivity index (χ0v) is 14.5. The molecular formula is C19H37NO. The first kappa shape index (κ1) is 17.3. The van der Waals surface area contributed by atoms with Gasteiger partial charge in [-0.3, -0.25) is 0 Å². The molecule has 0 amide bonds. The van der Waals surface area contributed by atoms with Gasteiger partial charge in [0.25, 0.3) is 0 Å². The summed E-state index contributed by atoms with van der Waals surface area (Å²) in [5.41, 5.74) is 0.574. The Hall–Kier alpha value is -0.0800. The summed E-state index contributed by atoms with van der Waals surface area (Å²) in [6, 6.07) is 0. The first-order valence-electron chi connectivity index (χ1n) is 9.60. The maximum absolute atomic E-state index is 5.85. The largest absolute Gasteiger partial charge is 0.378 e. The minimum absolute atomic E-state index is 0.571. The van der Waals surface area contributed by atoms with Gasteiger partial charge >= 0.3 is 0 Å². The molecule has 1 saturated heterocycles. The maximum Gasteiger partial charge on any atom is 0.0576 e. The topological polar surface area (TPSA) is 21.3 Å². The summed E-state index contributed by atoms with van der Waals surface area (Å²) in [6.07, 6.45) is 15.9. The summed E-state index contributed by atoms with van der Waals surface area (Å²) in [6.45, 7) is 7.90. The fourth-order valence-corrected chi connectivity index (χ4v) is 4.32. The molecule has 124 valence electrons. The van der Waals surface area contributed by atoms with Gasteiger partial charge < -0.3 is 10.1 Å². The van der Waals surface area contributed by atoms with E-state index in [1.807, 2.05) is 0 Å². The van der Waals surface area contributed by atoms with Gasteiger partial charge in [0.05, 0.1) is 6.10 Å². The van der Waals surface area contributed by atoms with Gasteiger partial charge in [0.1, 0.15) is 0 Å². The Morgan fingerprint density at radius 3 is 2.52 bits per heavy atom. The Kier molecular flexibility index (Phi) is 7.53. The highest BCUT2D eigenvalue weighted by atomic mass is 16.5. The van der Waals surface area contributed by atoms with Crippen LogP contribution in [0.15, 0.2) is 0 Å². The van der Waals surface area contributed by atoms with Crippen molar-refractivity contribution in [1.29, 1.82) is 0 Å². The summed E-state index contributed by atoms with van der Waals surface area (Å²) in [5.74, 6) is 1.02. The van der Waals surface area contributed by atoms with Crippen LogP contribution in [0.5, 0.6) is 0 Å². The third-order valence-corrected chi connectivity index (χ3v) is 5.90. The molecule has 21 heavy (non-hydrogen) atoms. The molecule has 1 heterocycles. The van der Waals surface area contributed by atoms with Crippen LogP contribution in [-0.2, 0) is 4.74 Å². The van der Waals surface area contributed by atoms with Crippen molar-refractivity contribution in [2.45, 2.75) is 90.6 Å². The molecule has 2 heteroatoms. The van der Waals surface area contributed by atoms with E-state index in [9.17, 15) is 0 Å². The molecule has 0 aromatic carbocycles. The number of nitrogens with one attached hydrogen (secondary N) is 1. The quantitative estimate of drug-likeness (QED) is 0.652. The van der Waals surface area contributed by atoms with E-state index in [4.69, 9.17) is 4.74 Å². The van der Waals surface area contributed by atoms with Gasteiger partial charge in [0.15, 0.2) is 0 Å². The zero-order chi connectivity index (χ0) is 15.0. The Morgan fingerprint density at radius 1 is 1.10 bits per heavy atom. The molecule has 1 atom stereocenters. The molecular weight excluding hydrogens is 258 g/mol. The molecule has 0 aromatic heterocycles. The van der Waals surface area contributed by atoms with Gasteiger partial charge in [-0.2, -0.15) is 0 Å². The fourth-order valence-electron chi connectivity index (χ4n) is 4.32. The summed E-state index contributed by atoms with van der Waals surface area (Å²) >= 11 is 0. The molecule has 0 radical (unpaired) electrons. The van der Waals surface area contributed by atoms with Crippen LogP contribution < -0.4 is 5.32 Å². The Labute approximate surface area is 132 Å². The van der Waals surface area contributed by atoms with Crippen molar-refractivity contribution >= 4 is 0 Å². The maximum atomic E-state index is 5.85.